The molecule has 2 amide bonds. The maximum Gasteiger partial charge on any atom is 0.251 e. The number of nitrogens with one attached hydrogen (secondary N) is 2. The lowest BCUT2D eigenvalue weighted by atomic mass is 10.1. The predicted molar refractivity (Wildman–Crippen MR) is 92.7 cm³/mol. The van der Waals surface area contributed by atoms with E-state index in [0.717, 1.165) is 16.0 Å². The monoisotopic (exact) mass is 326 g/mol. The number of hydrogen-bond donors (Lipinski definition) is 2. The summed E-state index contributed by atoms with van der Waals surface area (Å²) in [6.45, 7) is 4.38. The molecule has 0 radical (unpaired) electrons. The first-order valence-corrected chi connectivity index (χ1v) is 8.37. The average molecular weight is 326 g/mol. The van der Waals surface area contributed by atoms with Gasteiger partial charge >= 0.3 is 0 Å². The van der Waals surface area contributed by atoms with Crippen LogP contribution in [0, 0.1) is 6.92 Å². The number of carbonyl (C=O) groups excluding carboxylic acids is 2. The summed E-state index contributed by atoms with van der Waals surface area (Å²) in [5.74, 6) is -0.172. The molecule has 1 aliphatic rings. The van der Waals surface area contributed by atoms with Gasteiger partial charge in [0, 0.05) is 17.0 Å². The molecule has 1 heterocycles. The highest BCUT2D eigenvalue weighted by molar-refractivity contribution is 8.00. The minimum Gasteiger partial charge on any atom is -0.348 e. The molecule has 0 spiro atoms. The Hall–Kier alpha value is -2.27. The van der Waals surface area contributed by atoms with Gasteiger partial charge in [-0.05, 0) is 43.2 Å². The van der Waals surface area contributed by atoms with Crippen molar-refractivity contribution in [3.05, 3.63) is 59.2 Å². The molecular formula is C18H18N2O2S. The molecule has 0 saturated carbocycles. The van der Waals surface area contributed by atoms with Crippen molar-refractivity contribution in [2.24, 2.45) is 0 Å². The van der Waals surface area contributed by atoms with Crippen LogP contribution in [0.15, 0.2) is 47.4 Å². The van der Waals surface area contributed by atoms with Gasteiger partial charge in [0.1, 0.15) is 0 Å². The molecule has 0 aliphatic carbocycles. The van der Waals surface area contributed by atoms with Crippen molar-refractivity contribution >= 4 is 29.3 Å². The second-order valence-corrected chi connectivity index (χ2v) is 6.95. The standard InChI is InChI=1S/C18H18N2O2S/c1-11-5-3-4-6-14(11)10-19-18(22)13-7-8-16-15(9-13)20-17(21)12(2)23-16/h3-9,12H,10H2,1-2H3,(H,19,22)(H,20,21). The van der Waals surface area contributed by atoms with Crippen molar-refractivity contribution in [1.29, 1.82) is 0 Å². The topological polar surface area (TPSA) is 58.2 Å². The predicted octanol–water partition coefficient (Wildman–Crippen LogP) is 3.36. The quantitative estimate of drug-likeness (QED) is 0.909. The zero-order valence-corrected chi connectivity index (χ0v) is 13.9. The second-order valence-electron chi connectivity index (χ2n) is 5.57. The van der Waals surface area contributed by atoms with Gasteiger partial charge in [-0.25, -0.2) is 0 Å². The third-order valence-corrected chi connectivity index (χ3v) is 5.05. The van der Waals surface area contributed by atoms with Gasteiger partial charge in [-0.2, -0.15) is 0 Å². The van der Waals surface area contributed by atoms with Gasteiger partial charge in [0.15, 0.2) is 0 Å². The molecule has 23 heavy (non-hydrogen) atoms. The van der Waals surface area contributed by atoms with E-state index in [0.29, 0.717) is 17.8 Å². The van der Waals surface area contributed by atoms with E-state index in [4.69, 9.17) is 0 Å². The number of rotatable bonds is 3. The van der Waals surface area contributed by atoms with Crippen LogP contribution in [-0.4, -0.2) is 17.1 Å². The third kappa shape index (κ3) is 3.40. The zero-order chi connectivity index (χ0) is 16.4. The third-order valence-electron chi connectivity index (χ3n) is 3.87. The minimum atomic E-state index is -0.145. The summed E-state index contributed by atoms with van der Waals surface area (Å²) in [6, 6.07) is 13.4. The van der Waals surface area contributed by atoms with E-state index >= 15 is 0 Å². The average Bonchev–Trinajstić information content (AvgIpc) is 2.54. The van der Waals surface area contributed by atoms with Crippen molar-refractivity contribution in [3.63, 3.8) is 0 Å². The molecular weight excluding hydrogens is 308 g/mol. The Bertz CT molecular complexity index is 773. The highest BCUT2D eigenvalue weighted by Gasteiger charge is 2.23. The first-order chi connectivity index (χ1) is 11.0. The highest BCUT2D eigenvalue weighted by Crippen LogP contribution is 2.35. The van der Waals surface area contributed by atoms with Crippen LogP contribution in [0.3, 0.4) is 0 Å². The van der Waals surface area contributed by atoms with Crippen molar-refractivity contribution in [2.75, 3.05) is 5.32 Å². The molecule has 5 heteroatoms. The number of aryl methyl sites for hydroxylation is 1. The summed E-state index contributed by atoms with van der Waals surface area (Å²) in [5, 5.41) is 5.66. The van der Waals surface area contributed by atoms with Crippen LogP contribution in [0.1, 0.15) is 28.4 Å². The summed E-state index contributed by atoms with van der Waals surface area (Å²) in [4.78, 5) is 25.1. The second kappa shape index (κ2) is 6.46. The summed E-state index contributed by atoms with van der Waals surface area (Å²) in [6.07, 6.45) is 0. The van der Waals surface area contributed by atoms with E-state index in [2.05, 4.69) is 10.6 Å². The molecule has 3 rings (SSSR count). The summed E-state index contributed by atoms with van der Waals surface area (Å²) < 4.78 is 0. The summed E-state index contributed by atoms with van der Waals surface area (Å²) in [5.41, 5.74) is 3.50. The fourth-order valence-corrected chi connectivity index (χ4v) is 3.37. The van der Waals surface area contributed by atoms with E-state index in [-0.39, 0.29) is 17.1 Å². The lowest BCUT2D eigenvalue weighted by Crippen LogP contribution is -2.27. The number of anilines is 1. The largest absolute Gasteiger partial charge is 0.348 e. The van der Waals surface area contributed by atoms with Gasteiger partial charge in [-0.15, -0.1) is 11.8 Å². The Balaban J connectivity index is 1.72. The number of carbonyl (C=O) groups is 2. The van der Waals surface area contributed by atoms with Crippen LogP contribution in [0.5, 0.6) is 0 Å². The van der Waals surface area contributed by atoms with Crippen molar-refractivity contribution in [1.82, 2.24) is 5.32 Å². The maximum absolute atomic E-state index is 12.3. The number of fused-ring (bicyclic) bond motifs is 1. The number of amides is 2. The van der Waals surface area contributed by atoms with Crippen LogP contribution in [0.25, 0.3) is 0 Å². The lowest BCUT2D eigenvalue weighted by Gasteiger charge is -2.21. The number of hydrogen-bond acceptors (Lipinski definition) is 3. The van der Waals surface area contributed by atoms with Gasteiger partial charge in [0.05, 0.1) is 10.9 Å². The maximum atomic E-state index is 12.3. The van der Waals surface area contributed by atoms with Crippen LogP contribution >= 0.6 is 11.8 Å². The molecule has 2 N–H and O–H groups in total. The van der Waals surface area contributed by atoms with Crippen molar-refractivity contribution in [3.8, 4) is 0 Å². The van der Waals surface area contributed by atoms with E-state index in [1.807, 2.05) is 44.2 Å². The first kappa shape index (κ1) is 15.6. The van der Waals surface area contributed by atoms with Crippen molar-refractivity contribution < 1.29 is 9.59 Å². The molecule has 0 saturated heterocycles. The molecule has 118 valence electrons. The molecule has 0 aromatic heterocycles. The van der Waals surface area contributed by atoms with Gasteiger partial charge in [0.2, 0.25) is 5.91 Å². The van der Waals surface area contributed by atoms with E-state index in [1.165, 1.54) is 11.8 Å². The minimum absolute atomic E-state index is 0.0278. The van der Waals surface area contributed by atoms with Gasteiger partial charge < -0.3 is 10.6 Å². The fraction of sp³-hybridized carbons (Fsp3) is 0.222. The Morgan fingerprint density at radius 2 is 2.04 bits per heavy atom. The Morgan fingerprint density at radius 3 is 2.83 bits per heavy atom. The normalized spacial score (nSPS) is 16.4. The van der Waals surface area contributed by atoms with Crippen LogP contribution in [0.4, 0.5) is 5.69 Å². The van der Waals surface area contributed by atoms with Gasteiger partial charge in [0.25, 0.3) is 5.91 Å². The van der Waals surface area contributed by atoms with E-state index in [1.54, 1.807) is 12.1 Å². The zero-order valence-electron chi connectivity index (χ0n) is 13.1. The Kier molecular flexibility index (Phi) is 4.39. The van der Waals surface area contributed by atoms with Crippen molar-refractivity contribution in [2.45, 2.75) is 30.5 Å². The molecule has 1 unspecified atom stereocenters. The SMILES string of the molecule is Cc1ccccc1CNC(=O)c1ccc2c(c1)NC(=O)C(C)S2. The van der Waals surface area contributed by atoms with Crippen LogP contribution < -0.4 is 10.6 Å². The Morgan fingerprint density at radius 1 is 1.26 bits per heavy atom. The molecule has 4 nitrogen and oxygen atoms in total. The fourth-order valence-electron chi connectivity index (χ4n) is 2.44. The number of benzene rings is 2. The van der Waals surface area contributed by atoms with Gasteiger partial charge in [-0.3, -0.25) is 9.59 Å². The molecule has 2 aromatic carbocycles. The first-order valence-electron chi connectivity index (χ1n) is 7.49. The van der Waals surface area contributed by atoms with Crippen LogP contribution in [0.2, 0.25) is 0 Å². The van der Waals surface area contributed by atoms with Crippen LogP contribution in [-0.2, 0) is 11.3 Å². The van der Waals surface area contributed by atoms with E-state index in [9.17, 15) is 9.59 Å². The number of thioether (sulfide) groups is 1. The lowest BCUT2D eigenvalue weighted by molar-refractivity contribution is -0.115. The Labute approximate surface area is 139 Å². The molecule has 2 aromatic rings. The molecule has 1 atom stereocenters. The summed E-state index contributed by atoms with van der Waals surface area (Å²) >= 11 is 1.51. The summed E-state index contributed by atoms with van der Waals surface area (Å²) in [7, 11) is 0. The van der Waals surface area contributed by atoms with Gasteiger partial charge in [-0.1, -0.05) is 24.3 Å². The molecule has 1 aliphatic heterocycles. The molecule has 0 fully saturated rings. The molecule has 0 bridgehead atoms. The smallest absolute Gasteiger partial charge is 0.251 e. The van der Waals surface area contributed by atoms with E-state index < -0.39 is 0 Å². The highest BCUT2D eigenvalue weighted by atomic mass is 32.2.